The molecule has 0 aliphatic heterocycles. The van der Waals surface area contributed by atoms with E-state index in [2.05, 4.69) is 4.98 Å². The molecular weight excluding hydrogens is 184 g/mol. The van der Waals surface area contributed by atoms with Crippen LogP contribution in [0.4, 0.5) is 0 Å². The number of pyridine rings is 1. The lowest BCUT2D eigenvalue weighted by Gasteiger charge is -2.15. The topological polar surface area (TPSA) is 96.4 Å². The minimum absolute atomic E-state index is 0.0312. The molecule has 0 fully saturated rings. The van der Waals surface area contributed by atoms with E-state index in [9.17, 15) is 15.0 Å². The van der Waals surface area contributed by atoms with Crippen LogP contribution in [0.5, 0.6) is 0 Å². The first-order chi connectivity index (χ1) is 6.69. The monoisotopic (exact) mass is 196 g/mol. The summed E-state index contributed by atoms with van der Waals surface area (Å²) in [5.41, 5.74) is 5.90. The van der Waals surface area contributed by atoms with E-state index in [1.807, 2.05) is 0 Å². The molecule has 76 valence electrons. The number of aliphatic hydroxyl groups excluding tert-OH is 2. The fourth-order valence-corrected chi connectivity index (χ4v) is 1.01. The number of nitrogens with two attached hydrogens (primary N) is 1. The van der Waals surface area contributed by atoms with Crippen LogP contribution in [-0.2, 0) is 0 Å². The van der Waals surface area contributed by atoms with Crippen LogP contribution < -0.4 is 5.73 Å². The molecule has 0 aliphatic rings. The molecule has 2 atom stereocenters. The first-order valence-electron chi connectivity index (χ1n) is 4.16. The number of hydrogen-bond acceptors (Lipinski definition) is 5. The maximum Gasteiger partial charge on any atom is 0.168 e. The summed E-state index contributed by atoms with van der Waals surface area (Å²) in [6.45, 7) is -0.0312. The number of carbonyl (C=O) groups excluding carboxylic acids is 1. The minimum atomic E-state index is -1.06. The molecule has 1 heterocycles. The molecule has 1 aromatic heterocycles. The first kappa shape index (κ1) is 10.8. The Hall–Kier alpha value is -1.30. The van der Waals surface area contributed by atoms with Gasteiger partial charge in [-0.15, -0.1) is 0 Å². The van der Waals surface area contributed by atoms with E-state index >= 15 is 0 Å². The van der Waals surface area contributed by atoms with Gasteiger partial charge in [-0.3, -0.25) is 9.78 Å². The quantitative estimate of drug-likeness (QED) is 0.550. The van der Waals surface area contributed by atoms with Crippen LogP contribution >= 0.6 is 0 Å². The fraction of sp³-hybridized carbons (Fsp3) is 0.333. The third-order valence-corrected chi connectivity index (χ3v) is 1.88. The number of aldehydes is 1. The summed E-state index contributed by atoms with van der Waals surface area (Å²) >= 11 is 0. The Labute approximate surface area is 81.2 Å². The summed E-state index contributed by atoms with van der Waals surface area (Å²) < 4.78 is 0. The van der Waals surface area contributed by atoms with Gasteiger partial charge in [0, 0.05) is 18.3 Å². The summed E-state index contributed by atoms with van der Waals surface area (Å²) in [6, 6.07) is 3.00. The maximum absolute atomic E-state index is 10.3. The van der Waals surface area contributed by atoms with Crippen molar-refractivity contribution in [1.29, 1.82) is 0 Å². The minimum Gasteiger partial charge on any atom is -0.389 e. The van der Waals surface area contributed by atoms with E-state index in [1.54, 1.807) is 0 Å². The van der Waals surface area contributed by atoms with Crippen molar-refractivity contribution in [2.45, 2.75) is 12.2 Å². The molecule has 0 aliphatic carbocycles. The Morgan fingerprint density at radius 3 is 2.64 bits per heavy atom. The second-order valence-electron chi connectivity index (χ2n) is 2.88. The molecule has 4 N–H and O–H groups in total. The fourth-order valence-electron chi connectivity index (χ4n) is 1.01. The number of nitrogens with zero attached hydrogens (tertiary/aromatic N) is 1. The SMILES string of the molecule is NCC(O)C(O)c1ccc(C=O)nc1. The van der Waals surface area contributed by atoms with Crippen molar-refractivity contribution < 1.29 is 15.0 Å². The zero-order chi connectivity index (χ0) is 10.6. The van der Waals surface area contributed by atoms with Gasteiger partial charge in [0.2, 0.25) is 0 Å². The Morgan fingerprint density at radius 2 is 2.21 bits per heavy atom. The number of hydrogen-bond donors (Lipinski definition) is 3. The maximum atomic E-state index is 10.3. The third-order valence-electron chi connectivity index (χ3n) is 1.88. The summed E-state index contributed by atoms with van der Waals surface area (Å²) in [5, 5.41) is 18.7. The zero-order valence-corrected chi connectivity index (χ0v) is 7.50. The smallest absolute Gasteiger partial charge is 0.168 e. The zero-order valence-electron chi connectivity index (χ0n) is 7.50. The predicted molar refractivity (Wildman–Crippen MR) is 49.6 cm³/mol. The second-order valence-corrected chi connectivity index (χ2v) is 2.88. The van der Waals surface area contributed by atoms with Gasteiger partial charge in [-0.05, 0) is 6.07 Å². The molecule has 0 aromatic carbocycles. The van der Waals surface area contributed by atoms with E-state index < -0.39 is 12.2 Å². The van der Waals surface area contributed by atoms with Crippen LogP contribution in [0.3, 0.4) is 0 Å². The molecule has 0 saturated heterocycles. The van der Waals surface area contributed by atoms with Crippen molar-refractivity contribution in [2.75, 3.05) is 6.54 Å². The highest BCUT2D eigenvalue weighted by Crippen LogP contribution is 2.14. The van der Waals surface area contributed by atoms with Gasteiger partial charge >= 0.3 is 0 Å². The van der Waals surface area contributed by atoms with Crippen LogP contribution in [0.15, 0.2) is 18.3 Å². The van der Waals surface area contributed by atoms with Gasteiger partial charge < -0.3 is 15.9 Å². The van der Waals surface area contributed by atoms with E-state index in [-0.39, 0.29) is 12.2 Å². The predicted octanol–water partition coefficient (Wildman–Crippen LogP) is -0.753. The summed E-state index contributed by atoms with van der Waals surface area (Å²) in [6.07, 6.45) is -0.130. The van der Waals surface area contributed by atoms with E-state index in [0.717, 1.165) is 0 Å². The highest BCUT2D eigenvalue weighted by molar-refractivity contribution is 5.71. The van der Waals surface area contributed by atoms with Crippen molar-refractivity contribution in [3.63, 3.8) is 0 Å². The standard InChI is InChI=1S/C9H12N2O3/c10-3-8(13)9(14)6-1-2-7(5-12)11-4-6/h1-2,4-5,8-9,13-14H,3,10H2. The van der Waals surface area contributed by atoms with Crippen LogP contribution in [-0.4, -0.2) is 34.1 Å². The number of rotatable bonds is 4. The van der Waals surface area contributed by atoms with Crippen molar-refractivity contribution >= 4 is 6.29 Å². The van der Waals surface area contributed by atoms with Gasteiger partial charge in [0.25, 0.3) is 0 Å². The number of carbonyl (C=O) groups is 1. The van der Waals surface area contributed by atoms with Crippen LogP contribution in [0.1, 0.15) is 22.2 Å². The molecule has 0 radical (unpaired) electrons. The summed E-state index contributed by atoms with van der Waals surface area (Å²) in [7, 11) is 0. The van der Waals surface area contributed by atoms with E-state index in [4.69, 9.17) is 5.73 Å². The van der Waals surface area contributed by atoms with Crippen LogP contribution in [0.2, 0.25) is 0 Å². The molecular formula is C9H12N2O3. The molecule has 0 saturated carbocycles. The first-order valence-corrected chi connectivity index (χ1v) is 4.16. The summed E-state index contributed by atoms with van der Waals surface area (Å²) in [4.78, 5) is 14.0. The Bertz CT molecular complexity index is 299. The van der Waals surface area contributed by atoms with Gasteiger partial charge in [0.1, 0.15) is 11.8 Å². The highest BCUT2D eigenvalue weighted by atomic mass is 16.3. The van der Waals surface area contributed by atoms with Crippen LogP contribution in [0, 0.1) is 0 Å². The number of aliphatic hydroxyl groups is 2. The lowest BCUT2D eigenvalue weighted by Crippen LogP contribution is -2.27. The highest BCUT2D eigenvalue weighted by Gasteiger charge is 2.16. The molecule has 1 rings (SSSR count). The van der Waals surface area contributed by atoms with Crippen molar-refractivity contribution in [3.05, 3.63) is 29.6 Å². The van der Waals surface area contributed by atoms with Gasteiger partial charge in [-0.1, -0.05) is 6.07 Å². The molecule has 0 spiro atoms. The Kier molecular flexibility index (Phi) is 3.70. The van der Waals surface area contributed by atoms with Gasteiger partial charge in [-0.25, -0.2) is 0 Å². The largest absolute Gasteiger partial charge is 0.389 e. The number of aromatic nitrogens is 1. The van der Waals surface area contributed by atoms with Gasteiger partial charge in [0.15, 0.2) is 6.29 Å². The van der Waals surface area contributed by atoms with Crippen molar-refractivity contribution in [2.24, 2.45) is 5.73 Å². The molecule has 1 aromatic rings. The van der Waals surface area contributed by atoms with Crippen molar-refractivity contribution in [3.8, 4) is 0 Å². The van der Waals surface area contributed by atoms with Gasteiger partial charge in [-0.2, -0.15) is 0 Å². The molecule has 0 amide bonds. The molecule has 5 heteroatoms. The average molecular weight is 196 g/mol. The third kappa shape index (κ3) is 2.35. The average Bonchev–Trinajstić information content (AvgIpc) is 2.27. The van der Waals surface area contributed by atoms with E-state index in [0.29, 0.717) is 11.8 Å². The van der Waals surface area contributed by atoms with E-state index in [1.165, 1.54) is 18.3 Å². The second kappa shape index (κ2) is 4.80. The Balaban J connectivity index is 2.80. The molecule has 0 bridgehead atoms. The lowest BCUT2D eigenvalue weighted by molar-refractivity contribution is 0.0241. The Morgan fingerprint density at radius 1 is 1.50 bits per heavy atom. The molecule has 2 unspecified atom stereocenters. The lowest BCUT2D eigenvalue weighted by atomic mass is 10.1. The normalized spacial score (nSPS) is 14.8. The molecule has 5 nitrogen and oxygen atoms in total. The van der Waals surface area contributed by atoms with Crippen molar-refractivity contribution in [1.82, 2.24) is 4.98 Å². The molecule has 14 heavy (non-hydrogen) atoms. The van der Waals surface area contributed by atoms with Crippen LogP contribution in [0.25, 0.3) is 0 Å². The summed E-state index contributed by atoms with van der Waals surface area (Å²) in [5.74, 6) is 0. The van der Waals surface area contributed by atoms with Gasteiger partial charge in [0.05, 0.1) is 6.10 Å².